The van der Waals surface area contributed by atoms with Gasteiger partial charge in [-0.15, -0.1) is 0 Å². The van der Waals surface area contributed by atoms with Crippen LogP contribution >= 0.6 is 15.9 Å². The van der Waals surface area contributed by atoms with Crippen molar-refractivity contribution in [1.82, 2.24) is 0 Å². The van der Waals surface area contributed by atoms with E-state index in [1.807, 2.05) is 0 Å². The lowest BCUT2D eigenvalue weighted by atomic mass is 10.1. The molecule has 0 saturated heterocycles. The maximum absolute atomic E-state index is 10.8. The van der Waals surface area contributed by atoms with Crippen molar-refractivity contribution in [2.45, 2.75) is 0 Å². The first-order chi connectivity index (χ1) is 7.11. The van der Waals surface area contributed by atoms with Gasteiger partial charge in [0.25, 0.3) is 5.69 Å². The van der Waals surface area contributed by atoms with Crippen LogP contribution in [-0.2, 0) is 0 Å². The molecule has 0 bridgehead atoms. The number of hydrogen-bond acceptors (Lipinski definition) is 3. The quantitative estimate of drug-likeness (QED) is 0.638. The number of hydrogen-bond donors (Lipinski definition) is 1. The third-order valence-corrected chi connectivity index (χ3v) is 2.94. The second-order valence-corrected chi connectivity index (χ2v) is 3.82. The van der Waals surface area contributed by atoms with Crippen LogP contribution < -0.4 is 0 Å². The third-order valence-electron chi connectivity index (χ3n) is 2.14. The molecule has 0 saturated carbocycles. The van der Waals surface area contributed by atoms with Crippen molar-refractivity contribution >= 4 is 32.4 Å². The first-order valence-electron chi connectivity index (χ1n) is 4.16. The highest BCUT2D eigenvalue weighted by Crippen LogP contribution is 2.37. The van der Waals surface area contributed by atoms with Crippen LogP contribution in [0.3, 0.4) is 0 Å². The van der Waals surface area contributed by atoms with E-state index in [9.17, 15) is 15.2 Å². The second kappa shape index (κ2) is 3.51. The molecule has 0 amide bonds. The summed E-state index contributed by atoms with van der Waals surface area (Å²) in [6.07, 6.45) is 0. The molecule has 2 aromatic rings. The average molecular weight is 268 g/mol. The summed E-state index contributed by atoms with van der Waals surface area (Å²) >= 11 is 3.15. The van der Waals surface area contributed by atoms with Crippen molar-refractivity contribution in [2.75, 3.05) is 0 Å². The van der Waals surface area contributed by atoms with Crippen LogP contribution in [0, 0.1) is 10.1 Å². The molecule has 2 aromatic carbocycles. The molecule has 15 heavy (non-hydrogen) atoms. The van der Waals surface area contributed by atoms with E-state index in [1.165, 1.54) is 12.1 Å². The second-order valence-electron chi connectivity index (χ2n) is 3.03. The van der Waals surface area contributed by atoms with Crippen LogP contribution in [0.5, 0.6) is 5.75 Å². The average Bonchev–Trinajstić information content (AvgIpc) is 2.23. The van der Waals surface area contributed by atoms with Gasteiger partial charge in [0.15, 0.2) is 0 Å². The molecule has 0 atom stereocenters. The normalized spacial score (nSPS) is 10.5. The van der Waals surface area contributed by atoms with Crippen LogP contribution in [0.25, 0.3) is 10.8 Å². The monoisotopic (exact) mass is 267 g/mol. The number of nitro benzene ring substituents is 1. The molecule has 5 heteroatoms. The summed E-state index contributed by atoms with van der Waals surface area (Å²) in [7, 11) is 0. The van der Waals surface area contributed by atoms with Gasteiger partial charge in [-0.05, 0) is 27.4 Å². The minimum atomic E-state index is -0.466. The maximum Gasteiger partial charge on any atom is 0.278 e. The molecule has 0 spiro atoms. The molecule has 0 heterocycles. The summed E-state index contributed by atoms with van der Waals surface area (Å²) in [5.74, 6) is -0.00296. The molecule has 0 aliphatic heterocycles. The molecule has 0 fully saturated rings. The highest BCUT2D eigenvalue weighted by molar-refractivity contribution is 9.10. The summed E-state index contributed by atoms with van der Waals surface area (Å²) in [4.78, 5) is 10.3. The zero-order chi connectivity index (χ0) is 11.0. The van der Waals surface area contributed by atoms with Crippen molar-refractivity contribution in [3.63, 3.8) is 0 Å². The van der Waals surface area contributed by atoms with Gasteiger partial charge < -0.3 is 5.11 Å². The molecule has 2 rings (SSSR count). The van der Waals surface area contributed by atoms with E-state index in [0.29, 0.717) is 15.2 Å². The van der Waals surface area contributed by atoms with Crippen molar-refractivity contribution in [1.29, 1.82) is 0 Å². The number of aromatic hydroxyl groups is 1. The minimum Gasteiger partial charge on any atom is -0.507 e. The standard InChI is InChI=1S/C10H6BrNO3/c11-10-8(13)5-4-6-2-1-3-7(9(6)10)12(14)15/h1-5,13H. The first kappa shape index (κ1) is 9.92. The predicted molar refractivity (Wildman–Crippen MR) is 60.0 cm³/mol. The number of non-ortho nitro benzene ring substituents is 1. The topological polar surface area (TPSA) is 63.4 Å². The Morgan fingerprint density at radius 2 is 2.00 bits per heavy atom. The lowest BCUT2D eigenvalue weighted by molar-refractivity contribution is -0.383. The van der Waals surface area contributed by atoms with Crippen LogP contribution in [-0.4, -0.2) is 10.0 Å². The van der Waals surface area contributed by atoms with Gasteiger partial charge in [-0.25, -0.2) is 0 Å². The van der Waals surface area contributed by atoms with E-state index >= 15 is 0 Å². The molecular weight excluding hydrogens is 262 g/mol. The van der Waals surface area contributed by atoms with Crippen molar-refractivity contribution in [2.24, 2.45) is 0 Å². The van der Waals surface area contributed by atoms with Gasteiger partial charge in [-0.1, -0.05) is 18.2 Å². The van der Waals surface area contributed by atoms with Crippen LogP contribution in [0.1, 0.15) is 0 Å². The Bertz CT molecular complexity index is 554. The summed E-state index contributed by atoms with van der Waals surface area (Å²) in [6, 6.07) is 7.92. The Morgan fingerprint density at radius 1 is 1.27 bits per heavy atom. The predicted octanol–water partition coefficient (Wildman–Crippen LogP) is 3.22. The molecule has 0 aliphatic rings. The Labute approximate surface area is 93.4 Å². The Hall–Kier alpha value is -1.62. The number of nitro groups is 1. The Balaban J connectivity index is 2.94. The number of nitrogens with zero attached hydrogens (tertiary/aromatic N) is 1. The van der Waals surface area contributed by atoms with Crippen LogP contribution in [0.15, 0.2) is 34.8 Å². The van der Waals surface area contributed by atoms with Crippen molar-refractivity contribution < 1.29 is 10.0 Å². The summed E-state index contributed by atoms with van der Waals surface area (Å²) in [5.41, 5.74) is -0.0183. The summed E-state index contributed by atoms with van der Waals surface area (Å²) in [6.45, 7) is 0. The van der Waals surface area contributed by atoms with Gasteiger partial charge in [0, 0.05) is 6.07 Å². The van der Waals surface area contributed by atoms with Crippen molar-refractivity contribution in [3.8, 4) is 5.75 Å². The van der Waals surface area contributed by atoms with Crippen molar-refractivity contribution in [3.05, 3.63) is 44.9 Å². The van der Waals surface area contributed by atoms with Gasteiger partial charge in [-0.3, -0.25) is 10.1 Å². The maximum atomic E-state index is 10.8. The van der Waals surface area contributed by atoms with E-state index in [-0.39, 0.29) is 11.4 Å². The first-order valence-corrected chi connectivity index (χ1v) is 4.95. The van der Waals surface area contributed by atoms with E-state index in [2.05, 4.69) is 15.9 Å². The molecule has 1 N–H and O–H groups in total. The van der Waals surface area contributed by atoms with Gasteiger partial charge in [0.05, 0.1) is 14.8 Å². The van der Waals surface area contributed by atoms with Gasteiger partial charge in [0.1, 0.15) is 5.75 Å². The SMILES string of the molecule is O=[N+]([O-])c1cccc2ccc(O)c(Br)c12. The minimum absolute atomic E-state index is 0.00296. The largest absolute Gasteiger partial charge is 0.507 e. The van der Waals surface area contributed by atoms with Gasteiger partial charge >= 0.3 is 0 Å². The Kier molecular flexibility index (Phi) is 2.32. The third kappa shape index (κ3) is 1.55. The number of fused-ring (bicyclic) bond motifs is 1. The van der Waals surface area contributed by atoms with E-state index < -0.39 is 4.92 Å². The fourth-order valence-electron chi connectivity index (χ4n) is 1.46. The lowest BCUT2D eigenvalue weighted by Crippen LogP contribution is -1.89. The fraction of sp³-hybridized carbons (Fsp3) is 0. The highest BCUT2D eigenvalue weighted by Gasteiger charge is 2.15. The summed E-state index contributed by atoms with van der Waals surface area (Å²) < 4.78 is 0.354. The lowest BCUT2D eigenvalue weighted by Gasteiger charge is -2.03. The molecule has 0 radical (unpaired) electrons. The van der Waals surface area contributed by atoms with E-state index in [1.54, 1.807) is 18.2 Å². The number of phenolic OH excluding ortho intramolecular Hbond substituents is 1. The molecule has 0 unspecified atom stereocenters. The number of halogens is 1. The molecule has 4 nitrogen and oxygen atoms in total. The number of benzene rings is 2. The van der Waals surface area contributed by atoms with E-state index in [0.717, 1.165) is 0 Å². The fourth-order valence-corrected chi connectivity index (χ4v) is 2.02. The van der Waals surface area contributed by atoms with E-state index in [4.69, 9.17) is 0 Å². The number of phenols is 1. The molecule has 76 valence electrons. The van der Waals surface area contributed by atoms with Gasteiger partial charge in [0.2, 0.25) is 0 Å². The molecule has 0 aromatic heterocycles. The zero-order valence-electron chi connectivity index (χ0n) is 7.48. The Morgan fingerprint density at radius 3 is 2.67 bits per heavy atom. The molecular formula is C10H6BrNO3. The number of rotatable bonds is 1. The van der Waals surface area contributed by atoms with Gasteiger partial charge in [-0.2, -0.15) is 0 Å². The summed E-state index contributed by atoms with van der Waals surface area (Å²) in [5, 5.41) is 21.4. The smallest absolute Gasteiger partial charge is 0.278 e. The zero-order valence-corrected chi connectivity index (χ0v) is 9.06. The molecule has 0 aliphatic carbocycles. The highest BCUT2D eigenvalue weighted by atomic mass is 79.9. The van der Waals surface area contributed by atoms with Crippen LogP contribution in [0.4, 0.5) is 5.69 Å². The van der Waals surface area contributed by atoms with Crippen LogP contribution in [0.2, 0.25) is 0 Å².